The van der Waals surface area contributed by atoms with Crippen LogP contribution < -0.4 is 15.8 Å². The van der Waals surface area contributed by atoms with Crippen LogP contribution in [0.25, 0.3) is 0 Å². The Morgan fingerprint density at radius 2 is 2.29 bits per heavy atom. The van der Waals surface area contributed by atoms with Crippen molar-refractivity contribution in [3.05, 3.63) is 24.3 Å². The summed E-state index contributed by atoms with van der Waals surface area (Å²) in [6.45, 7) is 0.349. The van der Waals surface area contributed by atoms with Gasteiger partial charge in [0.05, 0.1) is 12.1 Å². The lowest BCUT2D eigenvalue weighted by Crippen LogP contribution is -2.29. The van der Waals surface area contributed by atoms with Crippen LogP contribution in [0, 0.1) is 0 Å². The molecular formula is C10H12N2O2. The number of nitrogens with one attached hydrogen (secondary N) is 1. The molecule has 1 aliphatic rings. The van der Waals surface area contributed by atoms with Gasteiger partial charge in [0.25, 0.3) is 0 Å². The van der Waals surface area contributed by atoms with Crippen molar-refractivity contribution in [3.8, 4) is 5.75 Å². The second-order valence-corrected chi connectivity index (χ2v) is 3.22. The van der Waals surface area contributed by atoms with Crippen LogP contribution in [0.1, 0.15) is 6.42 Å². The third-order valence-electron chi connectivity index (χ3n) is 2.13. The summed E-state index contributed by atoms with van der Waals surface area (Å²) in [6.07, 6.45) is 0.0872. The van der Waals surface area contributed by atoms with Gasteiger partial charge in [0, 0.05) is 6.54 Å². The van der Waals surface area contributed by atoms with E-state index in [9.17, 15) is 4.79 Å². The van der Waals surface area contributed by atoms with E-state index in [1.165, 1.54) is 0 Å². The molecule has 0 radical (unpaired) electrons. The predicted octanol–water partition coefficient (Wildman–Crippen LogP) is 0.735. The molecule has 3 N–H and O–H groups in total. The maximum Gasteiger partial charge on any atom is 0.228 e. The first-order valence-electron chi connectivity index (χ1n) is 4.55. The summed E-state index contributed by atoms with van der Waals surface area (Å²) in [7, 11) is 0. The SMILES string of the molecule is NCC1CC(=O)Nc2ccccc2O1. The second kappa shape index (κ2) is 3.67. The van der Waals surface area contributed by atoms with Gasteiger partial charge in [-0.15, -0.1) is 0 Å². The maximum absolute atomic E-state index is 11.4. The Morgan fingerprint density at radius 1 is 1.50 bits per heavy atom. The van der Waals surface area contributed by atoms with Crippen LogP contribution in [0.5, 0.6) is 5.75 Å². The van der Waals surface area contributed by atoms with E-state index < -0.39 is 0 Å². The van der Waals surface area contributed by atoms with Crippen LogP contribution in [0.3, 0.4) is 0 Å². The average Bonchev–Trinajstić information content (AvgIpc) is 2.35. The third-order valence-corrected chi connectivity index (χ3v) is 2.13. The number of carbonyl (C=O) groups is 1. The molecule has 1 amide bonds. The fourth-order valence-electron chi connectivity index (χ4n) is 1.43. The van der Waals surface area contributed by atoms with Crippen molar-refractivity contribution < 1.29 is 9.53 Å². The minimum Gasteiger partial charge on any atom is -0.486 e. The molecule has 1 heterocycles. The van der Waals surface area contributed by atoms with Crippen molar-refractivity contribution in [2.75, 3.05) is 11.9 Å². The van der Waals surface area contributed by atoms with Crippen molar-refractivity contribution in [2.24, 2.45) is 5.73 Å². The number of hydrogen-bond acceptors (Lipinski definition) is 3. The molecule has 14 heavy (non-hydrogen) atoms. The van der Waals surface area contributed by atoms with Gasteiger partial charge in [-0.1, -0.05) is 12.1 Å². The number of ether oxygens (including phenoxy) is 1. The molecule has 4 heteroatoms. The summed E-state index contributed by atoms with van der Waals surface area (Å²) in [4.78, 5) is 11.4. The average molecular weight is 192 g/mol. The molecule has 0 aromatic heterocycles. The van der Waals surface area contributed by atoms with E-state index >= 15 is 0 Å². The van der Waals surface area contributed by atoms with E-state index in [0.717, 1.165) is 0 Å². The highest BCUT2D eigenvalue weighted by atomic mass is 16.5. The monoisotopic (exact) mass is 192 g/mol. The predicted molar refractivity (Wildman–Crippen MR) is 53.2 cm³/mol. The number of benzene rings is 1. The van der Waals surface area contributed by atoms with Gasteiger partial charge in [-0.25, -0.2) is 0 Å². The largest absolute Gasteiger partial charge is 0.486 e. The van der Waals surface area contributed by atoms with E-state index in [0.29, 0.717) is 24.4 Å². The molecule has 0 aliphatic carbocycles. The Hall–Kier alpha value is -1.55. The van der Waals surface area contributed by atoms with E-state index in [-0.39, 0.29) is 12.0 Å². The molecule has 0 spiro atoms. The normalized spacial score (nSPS) is 20.4. The van der Waals surface area contributed by atoms with Gasteiger partial charge in [-0.2, -0.15) is 0 Å². The number of hydrogen-bond donors (Lipinski definition) is 2. The summed E-state index contributed by atoms with van der Waals surface area (Å²) < 4.78 is 5.57. The Kier molecular flexibility index (Phi) is 2.37. The first kappa shape index (κ1) is 9.02. The molecular weight excluding hydrogens is 180 g/mol. The van der Waals surface area contributed by atoms with E-state index in [1.54, 1.807) is 0 Å². The molecule has 1 aromatic carbocycles. The zero-order chi connectivity index (χ0) is 9.97. The molecule has 74 valence electrons. The molecule has 1 unspecified atom stereocenters. The lowest BCUT2D eigenvalue weighted by molar-refractivity contribution is -0.117. The first-order valence-corrected chi connectivity index (χ1v) is 4.55. The number of amides is 1. The molecule has 0 fully saturated rings. The van der Waals surface area contributed by atoms with Crippen molar-refractivity contribution in [1.82, 2.24) is 0 Å². The van der Waals surface area contributed by atoms with Crippen molar-refractivity contribution in [3.63, 3.8) is 0 Å². The van der Waals surface area contributed by atoms with Gasteiger partial charge < -0.3 is 15.8 Å². The molecule has 2 rings (SSSR count). The number of fused-ring (bicyclic) bond motifs is 1. The zero-order valence-electron chi connectivity index (χ0n) is 7.69. The number of carbonyl (C=O) groups excluding carboxylic acids is 1. The van der Waals surface area contributed by atoms with Crippen molar-refractivity contribution in [2.45, 2.75) is 12.5 Å². The Labute approximate surface area is 82.1 Å². The van der Waals surface area contributed by atoms with Crippen molar-refractivity contribution in [1.29, 1.82) is 0 Å². The van der Waals surface area contributed by atoms with Gasteiger partial charge in [0.15, 0.2) is 0 Å². The minimum absolute atomic E-state index is 0.0506. The summed E-state index contributed by atoms with van der Waals surface area (Å²) in [5, 5.41) is 2.77. The van der Waals surface area contributed by atoms with E-state index in [2.05, 4.69) is 5.32 Å². The quantitative estimate of drug-likeness (QED) is 0.689. The lowest BCUT2D eigenvalue weighted by atomic mass is 10.2. The number of rotatable bonds is 1. The van der Waals surface area contributed by atoms with Crippen LogP contribution in [-0.4, -0.2) is 18.6 Å². The van der Waals surface area contributed by atoms with Gasteiger partial charge in [0.1, 0.15) is 11.9 Å². The third kappa shape index (κ3) is 1.70. The van der Waals surface area contributed by atoms with Crippen LogP contribution in [0.2, 0.25) is 0 Å². The molecule has 0 bridgehead atoms. The Balaban J connectivity index is 2.32. The minimum atomic E-state index is -0.223. The van der Waals surface area contributed by atoms with E-state index in [1.807, 2.05) is 24.3 Å². The smallest absolute Gasteiger partial charge is 0.228 e. The van der Waals surface area contributed by atoms with Crippen LogP contribution in [-0.2, 0) is 4.79 Å². The zero-order valence-corrected chi connectivity index (χ0v) is 7.69. The first-order chi connectivity index (χ1) is 6.79. The highest BCUT2D eigenvalue weighted by Gasteiger charge is 2.20. The van der Waals surface area contributed by atoms with E-state index in [4.69, 9.17) is 10.5 Å². The molecule has 1 atom stereocenters. The van der Waals surface area contributed by atoms with Crippen molar-refractivity contribution >= 4 is 11.6 Å². The second-order valence-electron chi connectivity index (χ2n) is 3.22. The summed E-state index contributed by atoms with van der Waals surface area (Å²) in [5.41, 5.74) is 6.20. The van der Waals surface area contributed by atoms with Crippen LogP contribution in [0.4, 0.5) is 5.69 Å². The molecule has 0 saturated heterocycles. The lowest BCUT2D eigenvalue weighted by Gasteiger charge is -2.13. The highest BCUT2D eigenvalue weighted by Crippen LogP contribution is 2.27. The number of anilines is 1. The van der Waals surface area contributed by atoms with Gasteiger partial charge in [0.2, 0.25) is 5.91 Å². The Morgan fingerprint density at radius 3 is 3.07 bits per heavy atom. The van der Waals surface area contributed by atoms with Gasteiger partial charge >= 0.3 is 0 Å². The Bertz CT molecular complexity index is 352. The summed E-state index contributed by atoms with van der Waals surface area (Å²) >= 11 is 0. The summed E-state index contributed by atoms with van der Waals surface area (Å²) in [5.74, 6) is 0.638. The van der Waals surface area contributed by atoms with Gasteiger partial charge in [-0.3, -0.25) is 4.79 Å². The van der Waals surface area contributed by atoms with Gasteiger partial charge in [-0.05, 0) is 12.1 Å². The van der Waals surface area contributed by atoms with Crippen LogP contribution in [0.15, 0.2) is 24.3 Å². The molecule has 1 aliphatic heterocycles. The molecule has 1 aromatic rings. The molecule has 4 nitrogen and oxygen atoms in total. The summed E-state index contributed by atoms with van der Waals surface area (Å²) in [6, 6.07) is 7.35. The maximum atomic E-state index is 11.4. The number of nitrogens with two attached hydrogens (primary N) is 1. The number of para-hydroxylation sites is 2. The molecule has 0 saturated carbocycles. The fourth-order valence-corrected chi connectivity index (χ4v) is 1.43. The standard InChI is InChI=1S/C10H12N2O2/c11-6-7-5-10(13)12-8-3-1-2-4-9(8)14-7/h1-4,7H,5-6,11H2,(H,12,13). The highest BCUT2D eigenvalue weighted by molar-refractivity contribution is 5.93. The van der Waals surface area contributed by atoms with Crippen LogP contribution >= 0.6 is 0 Å². The topological polar surface area (TPSA) is 64.4 Å². The fraction of sp³-hybridized carbons (Fsp3) is 0.300.